The number of amides is 1. The summed E-state index contributed by atoms with van der Waals surface area (Å²) in [7, 11) is 0. The molecule has 1 aliphatic carbocycles. The fourth-order valence-electron chi connectivity index (χ4n) is 5.11. The molecular formula is C24H26N2O3. The molecule has 0 N–H and O–H groups in total. The molecule has 1 aromatic carbocycles. The first kappa shape index (κ1) is 18.2. The Hall–Kier alpha value is -2.82. The van der Waals surface area contributed by atoms with E-state index in [0.717, 1.165) is 36.4 Å². The number of carbonyl (C=O) groups excluding carboxylic acids is 1. The summed E-state index contributed by atoms with van der Waals surface area (Å²) in [6.45, 7) is 4.05. The Bertz CT molecular complexity index is 948. The van der Waals surface area contributed by atoms with E-state index in [1.807, 2.05) is 23.1 Å². The van der Waals surface area contributed by atoms with Crippen LogP contribution in [-0.2, 0) is 10.2 Å². The highest BCUT2D eigenvalue weighted by Gasteiger charge is 2.46. The molecule has 2 aliphatic heterocycles. The van der Waals surface area contributed by atoms with Gasteiger partial charge in [-0.15, -0.1) is 0 Å². The lowest BCUT2D eigenvalue weighted by atomic mass is 9.71. The molecular weight excluding hydrogens is 364 g/mol. The average Bonchev–Trinajstić information content (AvgIpc) is 3.24. The molecule has 0 radical (unpaired) electrons. The number of pyridine rings is 1. The number of ether oxygens (including phenoxy) is 2. The molecule has 1 aromatic heterocycles. The van der Waals surface area contributed by atoms with Crippen LogP contribution in [0, 0.1) is 0 Å². The van der Waals surface area contributed by atoms with Crippen LogP contribution in [0.1, 0.15) is 55.3 Å². The largest absolute Gasteiger partial charge is 0.486 e. The maximum atomic E-state index is 13.2. The third kappa shape index (κ3) is 3.18. The fourth-order valence-corrected chi connectivity index (χ4v) is 5.11. The molecule has 3 heterocycles. The lowest BCUT2D eigenvalue weighted by molar-refractivity contribution is -0.129. The summed E-state index contributed by atoms with van der Waals surface area (Å²) in [5.41, 5.74) is 3.51. The third-order valence-electron chi connectivity index (χ3n) is 6.62. The van der Waals surface area contributed by atoms with Gasteiger partial charge in [-0.05, 0) is 60.7 Å². The molecule has 3 aliphatic rings. The van der Waals surface area contributed by atoms with Crippen molar-refractivity contribution in [3.63, 3.8) is 0 Å². The molecule has 29 heavy (non-hydrogen) atoms. The Morgan fingerprint density at radius 3 is 2.69 bits per heavy atom. The lowest BCUT2D eigenvalue weighted by Gasteiger charge is -2.46. The van der Waals surface area contributed by atoms with Crippen LogP contribution in [0.4, 0.5) is 0 Å². The van der Waals surface area contributed by atoms with Gasteiger partial charge < -0.3 is 14.4 Å². The van der Waals surface area contributed by atoms with Crippen LogP contribution in [0.25, 0.3) is 6.08 Å². The number of hydrogen-bond donors (Lipinski definition) is 0. The fraction of sp³-hybridized carbons (Fsp3) is 0.417. The van der Waals surface area contributed by atoms with Gasteiger partial charge in [0.15, 0.2) is 11.5 Å². The van der Waals surface area contributed by atoms with Crippen molar-refractivity contribution in [3.8, 4) is 11.5 Å². The molecule has 1 saturated carbocycles. The van der Waals surface area contributed by atoms with E-state index in [9.17, 15) is 4.79 Å². The Morgan fingerprint density at radius 2 is 1.97 bits per heavy atom. The van der Waals surface area contributed by atoms with Gasteiger partial charge in [0.05, 0.1) is 6.04 Å². The molecule has 1 spiro atoms. The summed E-state index contributed by atoms with van der Waals surface area (Å²) in [5.74, 6) is 1.70. The highest BCUT2D eigenvalue weighted by molar-refractivity contribution is 5.92. The number of rotatable bonds is 2. The highest BCUT2D eigenvalue weighted by Crippen LogP contribution is 2.51. The van der Waals surface area contributed by atoms with Crippen molar-refractivity contribution in [3.05, 3.63) is 59.4 Å². The van der Waals surface area contributed by atoms with Gasteiger partial charge in [-0.3, -0.25) is 9.78 Å². The topological polar surface area (TPSA) is 51.7 Å². The maximum Gasteiger partial charge on any atom is 0.247 e. The van der Waals surface area contributed by atoms with Crippen LogP contribution in [0.3, 0.4) is 0 Å². The van der Waals surface area contributed by atoms with Gasteiger partial charge in [0.2, 0.25) is 5.91 Å². The molecule has 5 heteroatoms. The zero-order chi connectivity index (χ0) is 19.8. The molecule has 1 atom stereocenters. The van der Waals surface area contributed by atoms with E-state index < -0.39 is 0 Å². The van der Waals surface area contributed by atoms with Gasteiger partial charge >= 0.3 is 0 Å². The molecule has 2 aromatic rings. The van der Waals surface area contributed by atoms with Gasteiger partial charge in [0, 0.05) is 30.4 Å². The van der Waals surface area contributed by atoms with Crippen LogP contribution in [0.2, 0.25) is 0 Å². The smallest absolute Gasteiger partial charge is 0.247 e. The van der Waals surface area contributed by atoms with Crippen LogP contribution in [0.15, 0.2) is 42.7 Å². The quantitative estimate of drug-likeness (QED) is 0.718. The van der Waals surface area contributed by atoms with E-state index in [1.54, 1.807) is 18.5 Å². The normalized spacial score (nSPS) is 22.1. The minimum absolute atomic E-state index is 0.00176. The predicted molar refractivity (Wildman–Crippen MR) is 111 cm³/mol. The monoisotopic (exact) mass is 390 g/mol. The van der Waals surface area contributed by atoms with Crippen molar-refractivity contribution in [2.24, 2.45) is 0 Å². The van der Waals surface area contributed by atoms with Gasteiger partial charge in [-0.1, -0.05) is 18.9 Å². The van der Waals surface area contributed by atoms with Crippen molar-refractivity contribution in [2.45, 2.75) is 44.1 Å². The standard InChI is InChI=1S/C24H26N2O3/c1-17-19-13-21-22(29-12-11-28-21)14-20(19)24(8-2-3-9-24)16-26(17)23(27)7-6-18-5-4-10-25-15-18/h4-7,10,13-15,17H,2-3,8-9,11-12,16H2,1H3/b7-6+. The SMILES string of the molecule is CC1c2cc3c(cc2C2(CCCC2)CN1C(=O)/C=C/c1cccnc1)OCCO3. The van der Waals surface area contributed by atoms with E-state index in [-0.39, 0.29) is 17.4 Å². The van der Waals surface area contributed by atoms with E-state index in [1.165, 1.54) is 24.0 Å². The first-order valence-corrected chi connectivity index (χ1v) is 10.5. The average molecular weight is 390 g/mol. The van der Waals surface area contributed by atoms with Gasteiger partial charge in [-0.25, -0.2) is 0 Å². The molecule has 1 fully saturated rings. The summed E-state index contributed by atoms with van der Waals surface area (Å²) in [6.07, 6.45) is 11.7. The summed E-state index contributed by atoms with van der Waals surface area (Å²) in [4.78, 5) is 19.3. The van der Waals surface area contributed by atoms with Crippen LogP contribution >= 0.6 is 0 Å². The molecule has 150 valence electrons. The number of aromatic nitrogens is 1. The van der Waals surface area contributed by atoms with Crippen molar-refractivity contribution in [2.75, 3.05) is 19.8 Å². The summed E-state index contributed by atoms with van der Waals surface area (Å²) in [6, 6.07) is 8.13. The first-order valence-electron chi connectivity index (χ1n) is 10.5. The molecule has 1 unspecified atom stereocenters. The molecule has 0 saturated heterocycles. The Labute approximate surface area is 171 Å². The first-order chi connectivity index (χ1) is 14.2. The number of benzene rings is 1. The number of carbonyl (C=O) groups is 1. The maximum absolute atomic E-state index is 13.2. The van der Waals surface area contributed by atoms with E-state index in [4.69, 9.17) is 9.47 Å². The van der Waals surface area contributed by atoms with Crippen molar-refractivity contribution in [1.82, 2.24) is 9.88 Å². The molecule has 5 rings (SSSR count). The molecule has 0 bridgehead atoms. The van der Waals surface area contributed by atoms with Gasteiger partial charge in [-0.2, -0.15) is 0 Å². The Balaban J connectivity index is 1.51. The zero-order valence-corrected chi connectivity index (χ0v) is 16.8. The van der Waals surface area contributed by atoms with Gasteiger partial charge in [0.1, 0.15) is 13.2 Å². The summed E-state index contributed by atoms with van der Waals surface area (Å²) < 4.78 is 11.7. The Kier molecular flexibility index (Phi) is 4.53. The number of hydrogen-bond acceptors (Lipinski definition) is 4. The highest BCUT2D eigenvalue weighted by atomic mass is 16.6. The van der Waals surface area contributed by atoms with Crippen molar-refractivity contribution in [1.29, 1.82) is 0 Å². The number of fused-ring (bicyclic) bond motifs is 3. The second-order valence-electron chi connectivity index (χ2n) is 8.33. The Morgan fingerprint density at radius 1 is 1.21 bits per heavy atom. The number of nitrogens with zero attached hydrogens (tertiary/aromatic N) is 2. The van der Waals surface area contributed by atoms with Crippen molar-refractivity contribution >= 4 is 12.0 Å². The third-order valence-corrected chi connectivity index (χ3v) is 6.62. The second kappa shape index (κ2) is 7.21. The zero-order valence-electron chi connectivity index (χ0n) is 16.8. The van der Waals surface area contributed by atoms with Gasteiger partial charge in [0.25, 0.3) is 0 Å². The van der Waals surface area contributed by atoms with Crippen LogP contribution in [0.5, 0.6) is 11.5 Å². The van der Waals surface area contributed by atoms with E-state index >= 15 is 0 Å². The summed E-state index contributed by atoms with van der Waals surface area (Å²) >= 11 is 0. The predicted octanol–water partition coefficient (Wildman–Crippen LogP) is 4.28. The van der Waals surface area contributed by atoms with E-state index in [2.05, 4.69) is 24.0 Å². The second-order valence-corrected chi connectivity index (χ2v) is 8.33. The minimum Gasteiger partial charge on any atom is -0.486 e. The lowest BCUT2D eigenvalue weighted by Crippen LogP contribution is -2.48. The van der Waals surface area contributed by atoms with E-state index in [0.29, 0.717) is 13.2 Å². The summed E-state index contributed by atoms with van der Waals surface area (Å²) in [5, 5.41) is 0. The molecule has 5 nitrogen and oxygen atoms in total. The van der Waals surface area contributed by atoms with Crippen LogP contribution < -0.4 is 9.47 Å². The van der Waals surface area contributed by atoms with Crippen LogP contribution in [-0.4, -0.2) is 35.5 Å². The minimum atomic E-state index is -0.00176. The van der Waals surface area contributed by atoms with Crippen molar-refractivity contribution < 1.29 is 14.3 Å². The molecule has 1 amide bonds.